The van der Waals surface area contributed by atoms with Crippen molar-refractivity contribution < 1.29 is 14.6 Å². The number of carbonyl (C=O) groups is 1. The molecule has 17 heavy (non-hydrogen) atoms. The highest BCUT2D eigenvalue weighted by molar-refractivity contribution is 5.77. The zero-order chi connectivity index (χ0) is 13.1. The second-order valence-electron chi connectivity index (χ2n) is 5.35. The van der Waals surface area contributed by atoms with Crippen LogP contribution in [-0.2, 0) is 9.53 Å². The lowest BCUT2D eigenvalue weighted by Crippen LogP contribution is -2.50. The first-order chi connectivity index (χ1) is 7.83. The van der Waals surface area contributed by atoms with E-state index in [1.165, 1.54) is 0 Å². The average molecular weight is 244 g/mol. The predicted molar refractivity (Wildman–Crippen MR) is 65.9 cm³/mol. The summed E-state index contributed by atoms with van der Waals surface area (Å²) < 4.78 is 5.56. The number of nitrogens with two attached hydrogens (primary N) is 1. The van der Waals surface area contributed by atoms with Crippen LogP contribution in [0.25, 0.3) is 0 Å². The number of hydrogen-bond acceptors (Lipinski definition) is 4. The number of hydrogen-bond donors (Lipinski definition) is 2. The summed E-state index contributed by atoms with van der Waals surface area (Å²) in [4.78, 5) is 13.1. The monoisotopic (exact) mass is 244 g/mol. The van der Waals surface area contributed by atoms with Crippen LogP contribution in [0, 0.1) is 0 Å². The molecule has 0 saturated carbocycles. The molecule has 3 atom stereocenters. The third kappa shape index (κ3) is 4.26. The van der Waals surface area contributed by atoms with E-state index < -0.39 is 11.5 Å². The normalized spacial score (nSPS) is 25.8. The van der Waals surface area contributed by atoms with Crippen molar-refractivity contribution in [1.82, 2.24) is 4.90 Å². The SMILES string of the molecule is CC(CC(C)(N)C(=O)O)N(C)CC1CCCO1. The molecule has 100 valence electrons. The molecule has 0 bridgehead atoms. The number of carboxylic acid groups (broad SMARTS) is 1. The molecule has 0 aromatic heterocycles. The lowest BCUT2D eigenvalue weighted by atomic mass is 9.94. The number of rotatable bonds is 6. The molecular weight excluding hydrogens is 220 g/mol. The van der Waals surface area contributed by atoms with Gasteiger partial charge in [-0.05, 0) is 40.2 Å². The Balaban J connectivity index is 2.40. The third-order valence-corrected chi connectivity index (χ3v) is 3.48. The maximum absolute atomic E-state index is 11.0. The standard InChI is InChI=1S/C12H24N2O3/c1-9(7-12(2,13)11(15)16)14(3)8-10-5-4-6-17-10/h9-10H,4-8,13H2,1-3H3,(H,15,16). The molecule has 1 aliphatic heterocycles. The third-order valence-electron chi connectivity index (χ3n) is 3.48. The molecule has 0 spiro atoms. The van der Waals surface area contributed by atoms with E-state index in [4.69, 9.17) is 15.6 Å². The van der Waals surface area contributed by atoms with E-state index in [9.17, 15) is 4.79 Å². The maximum Gasteiger partial charge on any atom is 0.323 e. The minimum Gasteiger partial charge on any atom is -0.480 e. The number of carboxylic acids is 1. The van der Waals surface area contributed by atoms with Crippen LogP contribution in [0.3, 0.4) is 0 Å². The van der Waals surface area contributed by atoms with Gasteiger partial charge in [-0.1, -0.05) is 0 Å². The van der Waals surface area contributed by atoms with Crippen molar-refractivity contribution in [1.29, 1.82) is 0 Å². The number of nitrogens with zero attached hydrogens (tertiary/aromatic N) is 1. The van der Waals surface area contributed by atoms with Crippen LogP contribution in [-0.4, -0.2) is 53.9 Å². The summed E-state index contributed by atoms with van der Waals surface area (Å²) in [5.74, 6) is -0.949. The minimum atomic E-state index is -1.16. The van der Waals surface area contributed by atoms with E-state index in [1.54, 1.807) is 6.92 Å². The molecule has 1 rings (SSSR count). The van der Waals surface area contributed by atoms with Gasteiger partial charge in [0.2, 0.25) is 0 Å². The van der Waals surface area contributed by atoms with Gasteiger partial charge in [0.25, 0.3) is 0 Å². The molecular formula is C12H24N2O3. The Kier molecular flexibility index (Phi) is 4.91. The smallest absolute Gasteiger partial charge is 0.323 e. The van der Waals surface area contributed by atoms with Crippen molar-refractivity contribution in [3.8, 4) is 0 Å². The summed E-state index contributed by atoms with van der Waals surface area (Å²) in [6.45, 7) is 5.25. The van der Waals surface area contributed by atoms with Gasteiger partial charge in [-0.15, -0.1) is 0 Å². The van der Waals surface area contributed by atoms with E-state index in [-0.39, 0.29) is 12.1 Å². The maximum atomic E-state index is 11.0. The fourth-order valence-electron chi connectivity index (χ4n) is 2.15. The van der Waals surface area contributed by atoms with Crippen LogP contribution < -0.4 is 5.73 Å². The first-order valence-electron chi connectivity index (χ1n) is 6.17. The second-order valence-corrected chi connectivity index (χ2v) is 5.35. The van der Waals surface area contributed by atoms with E-state index in [1.807, 2.05) is 14.0 Å². The highest BCUT2D eigenvalue weighted by Crippen LogP contribution is 2.17. The van der Waals surface area contributed by atoms with Gasteiger partial charge in [0, 0.05) is 19.2 Å². The van der Waals surface area contributed by atoms with Gasteiger partial charge in [0.1, 0.15) is 5.54 Å². The van der Waals surface area contributed by atoms with Gasteiger partial charge in [-0.3, -0.25) is 4.79 Å². The predicted octanol–water partition coefficient (Wildman–Crippen LogP) is 0.678. The molecule has 5 nitrogen and oxygen atoms in total. The Morgan fingerprint density at radius 2 is 2.35 bits per heavy atom. The lowest BCUT2D eigenvalue weighted by molar-refractivity contribution is -0.143. The highest BCUT2D eigenvalue weighted by Gasteiger charge is 2.31. The fourth-order valence-corrected chi connectivity index (χ4v) is 2.15. The van der Waals surface area contributed by atoms with Crippen molar-refractivity contribution in [2.75, 3.05) is 20.2 Å². The van der Waals surface area contributed by atoms with Crippen LogP contribution >= 0.6 is 0 Å². The average Bonchev–Trinajstić information content (AvgIpc) is 2.69. The first kappa shape index (κ1) is 14.4. The molecule has 5 heteroatoms. The molecule has 1 fully saturated rings. The molecule has 1 saturated heterocycles. The van der Waals surface area contributed by atoms with Crippen molar-refractivity contribution in [3.63, 3.8) is 0 Å². The first-order valence-corrected chi connectivity index (χ1v) is 6.17. The molecule has 3 N–H and O–H groups in total. The van der Waals surface area contributed by atoms with Gasteiger partial charge in [-0.2, -0.15) is 0 Å². The van der Waals surface area contributed by atoms with Crippen LogP contribution in [0.4, 0.5) is 0 Å². The molecule has 0 amide bonds. The highest BCUT2D eigenvalue weighted by atomic mass is 16.5. The summed E-state index contributed by atoms with van der Waals surface area (Å²) in [6, 6.07) is 0.130. The summed E-state index contributed by atoms with van der Waals surface area (Å²) >= 11 is 0. The van der Waals surface area contributed by atoms with Gasteiger partial charge in [0.05, 0.1) is 6.10 Å². The zero-order valence-corrected chi connectivity index (χ0v) is 11.0. The molecule has 3 unspecified atom stereocenters. The van der Waals surface area contributed by atoms with E-state index >= 15 is 0 Å². The second kappa shape index (κ2) is 5.80. The Labute approximate surface area is 103 Å². The van der Waals surface area contributed by atoms with Crippen molar-refractivity contribution >= 4 is 5.97 Å². The van der Waals surface area contributed by atoms with Crippen LogP contribution in [0.2, 0.25) is 0 Å². The molecule has 0 aromatic rings. The lowest BCUT2D eigenvalue weighted by Gasteiger charge is -2.31. The van der Waals surface area contributed by atoms with Crippen molar-refractivity contribution in [2.45, 2.75) is 50.8 Å². The molecule has 1 heterocycles. The zero-order valence-electron chi connectivity index (χ0n) is 11.0. The van der Waals surface area contributed by atoms with Gasteiger partial charge >= 0.3 is 5.97 Å². The van der Waals surface area contributed by atoms with E-state index in [2.05, 4.69) is 4.90 Å². The van der Waals surface area contributed by atoms with Crippen LogP contribution in [0.1, 0.15) is 33.1 Å². The Hall–Kier alpha value is -0.650. The molecule has 0 aliphatic carbocycles. The number of aliphatic carboxylic acids is 1. The molecule has 0 radical (unpaired) electrons. The summed E-state index contributed by atoms with van der Waals surface area (Å²) in [5.41, 5.74) is 4.59. The summed E-state index contributed by atoms with van der Waals surface area (Å²) in [7, 11) is 1.99. The minimum absolute atomic E-state index is 0.130. The van der Waals surface area contributed by atoms with Crippen LogP contribution in [0.15, 0.2) is 0 Å². The topological polar surface area (TPSA) is 75.8 Å². The van der Waals surface area contributed by atoms with Crippen molar-refractivity contribution in [2.24, 2.45) is 5.73 Å². The number of ether oxygens (including phenoxy) is 1. The van der Waals surface area contributed by atoms with E-state index in [0.717, 1.165) is 26.0 Å². The van der Waals surface area contributed by atoms with Crippen LogP contribution in [0.5, 0.6) is 0 Å². The van der Waals surface area contributed by atoms with Crippen molar-refractivity contribution in [3.05, 3.63) is 0 Å². The summed E-state index contributed by atoms with van der Waals surface area (Å²) in [5, 5.41) is 8.99. The Bertz CT molecular complexity index is 262. The van der Waals surface area contributed by atoms with Gasteiger partial charge in [0.15, 0.2) is 0 Å². The molecule has 0 aromatic carbocycles. The van der Waals surface area contributed by atoms with Gasteiger partial charge < -0.3 is 20.5 Å². The largest absolute Gasteiger partial charge is 0.480 e. The quantitative estimate of drug-likeness (QED) is 0.718. The molecule has 1 aliphatic rings. The van der Waals surface area contributed by atoms with E-state index in [0.29, 0.717) is 6.42 Å². The van der Waals surface area contributed by atoms with Gasteiger partial charge in [-0.25, -0.2) is 0 Å². The Morgan fingerprint density at radius 3 is 2.82 bits per heavy atom. The summed E-state index contributed by atoms with van der Waals surface area (Å²) in [6.07, 6.45) is 2.94. The fraction of sp³-hybridized carbons (Fsp3) is 0.917. The Morgan fingerprint density at radius 1 is 1.71 bits per heavy atom. The number of likely N-dealkylation sites (N-methyl/N-ethyl adjacent to an activating group) is 1.